The topological polar surface area (TPSA) is 162 Å². The second-order valence-electron chi connectivity index (χ2n) is 21.7. The number of ether oxygens (including phenoxy) is 3. The molecule has 2 aromatic rings. The number of anilines is 1. The minimum absolute atomic E-state index is 0.0511. The number of carboxylic acid groups (broad SMARTS) is 1. The van der Waals surface area contributed by atoms with Crippen molar-refractivity contribution in [3.8, 4) is 0 Å². The number of allylic oxidation sites excluding steroid dienone is 1. The predicted octanol–water partition coefficient (Wildman–Crippen LogP) is 8.62. The zero-order valence-electron chi connectivity index (χ0n) is 40.7. The van der Waals surface area contributed by atoms with Gasteiger partial charge in [0.2, 0.25) is 5.43 Å². The third-order valence-corrected chi connectivity index (χ3v) is 18.7. The summed E-state index contributed by atoms with van der Waals surface area (Å²) < 4.78 is 36.5. The number of aromatic carboxylic acids is 1. The van der Waals surface area contributed by atoms with Crippen molar-refractivity contribution in [2.24, 2.45) is 28.1 Å². The fourth-order valence-corrected chi connectivity index (χ4v) is 14.8. The molecular weight excluding hydrogens is 890 g/mol. The first-order valence-corrected chi connectivity index (χ1v) is 25.9. The Morgan fingerprint density at radius 3 is 2.22 bits per heavy atom. The minimum Gasteiger partial charge on any atom is -0.477 e. The van der Waals surface area contributed by atoms with E-state index >= 15 is 4.39 Å². The highest BCUT2D eigenvalue weighted by Gasteiger charge is 2.64. The summed E-state index contributed by atoms with van der Waals surface area (Å²) in [5, 5.41) is 10.1. The van der Waals surface area contributed by atoms with E-state index in [9.17, 15) is 33.9 Å². The number of halogens is 1. The van der Waals surface area contributed by atoms with Crippen LogP contribution in [0.2, 0.25) is 0 Å². The van der Waals surface area contributed by atoms with E-state index < -0.39 is 75.2 Å². The lowest BCUT2D eigenvalue weighted by molar-refractivity contribution is -0.191. The molecule has 3 saturated heterocycles. The summed E-state index contributed by atoms with van der Waals surface area (Å²) in [5.74, 6) is -3.89. The Kier molecular flexibility index (Phi) is 14.2. The van der Waals surface area contributed by atoms with Crippen molar-refractivity contribution < 1.29 is 47.7 Å². The molecule has 1 aromatic heterocycles. The second kappa shape index (κ2) is 19.4. The fraction of sp³-hybridized carbons (Fsp3) is 0.660. The van der Waals surface area contributed by atoms with Crippen LogP contribution < -0.4 is 10.3 Å². The maximum atomic E-state index is 16.0. The highest BCUT2D eigenvalue weighted by molar-refractivity contribution is 8.00. The second-order valence-corrected chi connectivity index (χ2v) is 23.0. The Labute approximate surface area is 403 Å². The molecule has 2 saturated carbocycles. The van der Waals surface area contributed by atoms with Crippen LogP contribution in [0, 0.1) is 33.9 Å². The summed E-state index contributed by atoms with van der Waals surface area (Å²) in [5.41, 5.74) is -1.78. The van der Waals surface area contributed by atoms with Crippen LogP contribution in [-0.4, -0.2) is 106 Å². The van der Waals surface area contributed by atoms with Gasteiger partial charge in [0, 0.05) is 95.5 Å². The van der Waals surface area contributed by atoms with Gasteiger partial charge >= 0.3 is 23.9 Å². The molecule has 0 amide bonds. The van der Waals surface area contributed by atoms with Crippen molar-refractivity contribution in [3.63, 3.8) is 0 Å². The third kappa shape index (κ3) is 9.07. The van der Waals surface area contributed by atoms with E-state index in [1.54, 1.807) is 22.4 Å². The van der Waals surface area contributed by atoms with Gasteiger partial charge < -0.3 is 33.7 Å². The molecule has 0 radical (unpaired) electrons. The molecule has 2 bridgehead atoms. The van der Waals surface area contributed by atoms with Gasteiger partial charge in [-0.3, -0.25) is 24.0 Å². The van der Waals surface area contributed by atoms with Gasteiger partial charge in [-0.05, 0) is 83.2 Å². The number of thioether (sulfide) groups is 1. The van der Waals surface area contributed by atoms with Crippen LogP contribution in [0.4, 0.5) is 10.1 Å². The number of carbonyl (C=O) groups is 5. The van der Waals surface area contributed by atoms with E-state index in [1.807, 2.05) is 45.6 Å². The summed E-state index contributed by atoms with van der Waals surface area (Å²) in [7, 11) is 2.20. The molecule has 6 aliphatic rings. The molecule has 4 aliphatic heterocycles. The highest BCUT2D eigenvalue weighted by atomic mass is 32.2. The van der Waals surface area contributed by atoms with Gasteiger partial charge in [-0.25, -0.2) is 9.18 Å². The zero-order chi connectivity index (χ0) is 49.0. The summed E-state index contributed by atoms with van der Waals surface area (Å²) in [6.07, 6.45) is 10.8. The van der Waals surface area contributed by atoms with Crippen LogP contribution in [-0.2, 0) is 39.8 Å². The maximum absolute atomic E-state index is 16.0. The lowest BCUT2D eigenvalue weighted by atomic mass is 9.50. The van der Waals surface area contributed by atoms with Crippen molar-refractivity contribution in [2.45, 2.75) is 166 Å². The Morgan fingerprint density at radius 2 is 1.59 bits per heavy atom. The van der Waals surface area contributed by atoms with Crippen LogP contribution >= 0.6 is 11.8 Å². The van der Waals surface area contributed by atoms with E-state index in [0.29, 0.717) is 92.1 Å². The normalized spacial score (nSPS) is 32.5. The first-order valence-electron chi connectivity index (χ1n) is 24.8. The van der Waals surface area contributed by atoms with Gasteiger partial charge in [0.15, 0.2) is 0 Å². The number of benzene rings is 1. The summed E-state index contributed by atoms with van der Waals surface area (Å²) in [6.45, 7) is 19.1. The average Bonchev–Trinajstić information content (AvgIpc) is 3.72. The minimum atomic E-state index is -1.35. The van der Waals surface area contributed by atoms with Crippen molar-refractivity contribution in [3.05, 3.63) is 64.7 Å². The van der Waals surface area contributed by atoms with Crippen LogP contribution in [0.25, 0.3) is 10.9 Å². The van der Waals surface area contributed by atoms with Crippen LogP contribution in [0.3, 0.4) is 0 Å². The Balaban J connectivity index is 0.921. The molecule has 1 N–H and O–H groups in total. The molecule has 1 aromatic carbocycles. The molecule has 0 spiro atoms. The average molecular weight is 960 g/mol. The van der Waals surface area contributed by atoms with Gasteiger partial charge in [-0.1, -0.05) is 39.8 Å². The number of piperidine rings is 2. The first kappa shape index (κ1) is 49.9. The fourth-order valence-electron chi connectivity index (χ4n) is 13.6. The Hall–Kier alpha value is -4.50. The largest absolute Gasteiger partial charge is 0.477 e. The number of nitrogens with zero attached hydrogens (tertiary/aromatic N) is 3. The zero-order valence-corrected chi connectivity index (χ0v) is 41.5. The molecular formula is C53H70FN3O10S. The number of hydrogen-bond acceptors (Lipinski definition) is 12. The Bertz CT molecular complexity index is 2410. The lowest BCUT2D eigenvalue weighted by Crippen LogP contribution is -2.59. The molecule has 2 aliphatic carbocycles. The number of carboxylic acids is 1. The maximum Gasteiger partial charge on any atom is 0.341 e. The van der Waals surface area contributed by atoms with E-state index in [-0.39, 0.29) is 54.1 Å². The molecule has 8 rings (SSSR count). The summed E-state index contributed by atoms with van der Waals surface area (Å²) in [6, 6.07) is 2.18. The first-order chi connectivity index (χ1) is 32.2. The van der Waals surface area contributed by atoms with Gasteiger partial charge in [0.1, 0.15) is 35.5 Å². The van der Waals surface area contributed by atoms with Crippen LogP contribution in [0.5, 0.6) is 0 Å². The number of aromatic nitrogens is 1. The molecule has 13 nitrogen and oxygen atoms in total. The van der Waals surface area contributed by atoms with Crippen molar-refractivity contribution >= 4 is 58.0 Å². The van der Waals surface area contributed by atoms with E-state index in [0.717, 1.165) is 18.9 Å². The number of carbonyl (C=O) groups excluding carboxylic acids is 4. The highest BCUT2D eigenvalue weighted by Crippen LogP contribution is 2.63. The molecule has 9 atom stereocenters. The number of esters is 3. The van der Waals surface area contributed by atoms with Crippen molar-refractivity contribution in [1.29, 1.82) is 0 Å². The van der Waals surface area contributed by atoms with Crippen molar-refractivity contribution in [2.75, 3.05) is 30.8 Å². The SMILES string of the molecule is C=CCC12CCC(=O)C1C(C)(C)[C@@H](OC(=O)CSC1CC3CCC(C1)N3C)C[C@](C)(C=C)[C@H](OC(=O)CCC(=O)OC1CCN(c3c(F)cc4c(=O)c(C(=O)O)cn5c4c3CCC5C)CC1)[C@H]2C. The quantitative estimate of drug-likeness (QED) is 0.109. The summed E-state index contributed by atoms with van der Waals surface area (Å²) in [4.78, 5) is 84.6. The van der Waals surface area contributed by atoms with Gasteiger partial charge in [-0.15, -0.1) is 24.9 Å². The lowest BCUT2D eigenvalue weighted by Gasteiger charge is -2.56. The number of rotatable bonds is 14. The standard InChI is InChI=1S/C53H70FN3O10S/c1-9-20-53-21-17-40(58)48(53)51(5,6)41(66-44(61)29-68-35-24-32-12-13-33(25-35)55(32)8)27-52(7,10-2)49(31(53)4)67-43(60)16-15-42(59)65-34-18-22-56(23-19-34)46-36-14-11-30(3)57-28-38(50(63)64)47(62)37(45(36)57)26-39(46)54/h9-10,26,28,30-35,41,48-49H,1-2,11-25,27,29H2,3-8H3,(H,63,64)/t30?,31-,32?,33?,35?,41+,48?,49-,52+,53?/m1/s1. The van der Waals surface area contributed by atoms with E-state index in [4.69, 9.17) is 14.2 Å². The number of Topliss-reactive ketones (excluding diaryl/α,β-unsaturated/α-hetero) is 1. The van der Waals surface area contributed by atoms with Crippen LogP contribution in [0.1, 0.15) is 140 Å². The number of pyridine rings is 1. The molecule has 370 valence electrons. The monoisotopic (exact) mass is 959 g/mol. The predicted molar refractivity (Wildman–Crippen MR) is 259 cm³/mol. The molecule has 5 heterocycles. The number of hydrogen-bond donors (Lipinski definition) is 1. The molecule has 5 fully saturated rings. The number of ketones is 1. The Morgan fingerprint density at radius 1 is 0.926 bits per heavy atom. The summed E-state index contributed by atoms with van der Waals surface area (Å²) >= 11 is 1.67. The smallest absolute Gasteiger partial charge is 0.341 e. The van der Waals surface area contributed by atoms with E-state index in [2.05, 4.69) is 25.1 Å². The van der Waals surface area contributed by atoms with Crippen molar-refractivity contribution in [1.82, 2.24) is 9.47 Å². The van der Waals surface area contributed by atoms with Gasteiger partial charge in [0.25, 0.3) is 0 Å². The molecule has 68 heavy (non-hydrogen) atoms. The number of aryl methyl sites for hydroxylation is 1. The third-order valence-electron chi connectivity index (χ3n) is 17.4. The van der Waals surface area contributed by atoms with E-state index in [1.165, 1.54) is 19.0 Å². The molecule has 5 unspecified atom stereocenters. The molecule has 15 heteroatoms. The van der Waals surface area contributed by atoms with Gasteiger partial charge in [-0.2, -0.15) is 0 Å². The van der Waals surface area contributed by atoms with Gasteiger partial charge in [0.05, 0.1) is 29.8 Å². The number of fused-ring (bicyclic) bond motifs is 3. The van der Waals surface area contributed by atoms with Crippen LogP contribution in [0.15, 0.2) is 42.4 Å².